The molecular formula is C6H13NO5S. The van der Waals surface area contributed by atoms with Crippen molar-refractivity contribution in [1.29, 1.82) is 0 Å². The topological polar surface area (TPSA) is 118 Å². The van der Waals surface area contributed by atoms with Crippen molar-refractivity contribution in [2.75, 3.05) is 5.75 Å². The molecule has 0 aromatic heterocycles. The molecule has 0 aliphatic rings. The van der Waals surface area contributed by atoms with Gasteiger partial charge in [0.15, 0.2) is 0 Å². The van der Waals surface area contributed by atoms with Crippen LogP contribution in [-0.4, -0.2) is 35.8 Å². The summed E-state index contributed by atoms with van der Waals surface area (Å²) in [5.74, 6) is -1.45. The Hall–Kier alpha value is -0.660. The van der Waals surface area contributed by atoms with Gasteiger partial charge in [0.1, 0.15) is 6.04 Å². The number of hydrogen-bond acceptors (Lipinski definition) is 4. The Kier molecular flexibility index (Phi) is 4.89. The van der Waals surface area contributed by atoms with E-state index in [0.29, 0.717) is 6.42 Å². The smallest absolute Gasteiger partial charge is 0.320 e. The Labute approximate surface area is 76.5 Å². The van der Waals surface area contributed by atoms with Crippen LogP contribution in [0.25, 0.3) is 0 Å². The fourth-order valence-electron chi connectivity index (χ4n) is 0.772. The minimum absolute atomic E-state index is 0.213. The third kappa shape index (κ3) is 7.69. The van der Waals surface area contributed by atoms with Crippen LogP contribution in [0.1, 0.15) is 19.3 Å². The van der Waals surface area contributed by atoms with Gasteiger partial charge in [-0.1, -0.05) is 6.42 Å². The highest BCUT2D eigenvalue weighted by atomic mass is 32.2. The summed E-state index contributed by atoms with van der Waals surface area (Å²) in [6.07, 6.45) is 0.803. The van der Waals surface area contributed by atoms with Crippen molar-refractivity contribution in [3.8, 4) is 0 Å². The van der Waals surface area contributed by atoms with E-state index in [2.05, 4.69) is 0 Å². The van der Waals surface area contributed by atoms with Crippen molar-refractivity contribution in [2.24, 2.45) is 5.73 Å². The molecule has 13 heavy (non-hydrogen) atoms. The van der Waals surface area contributed by atoms with E-state index >= 15 is 0 Å². The highest BCUT2D eigenvalue weighted by Gasteiger charge is 2.11. The maximum atomic E-state index is 10.2. The van der Waals surface area contributed by atoms with E-state index in [4.69, 9.17) is 15.4 Å². The molecule has 0 saturated carbocycles. The van der Waals surface area contributed by atoms with Gasteiger partial charge in [-0.3, -0.25) is 9.35 Å². The van der Waals surface area contributed by atoms with Crippen molar-refractivity contribution in [1.82, 2.24) is 0 Å². The molecule has 0 heterocycles. The Morgan fingerprint density at radius 1 is 1.38 bits per heavy atom. The molecule has 0 aliphatic carbocycles. The third-order valence-corrected chi connectivity index (χ3v) is 2.29. The summed E-state index contributed by atoms with van der Waals surface area (Å²) in [7, 11) is -3.93. The van der Waals surface area contributed by atoms with Gasteiger partial charge in [-0.05, 0) is 12.8 Å². The van der Waals surface area contributed by atoms with Crippen LogP contribution in [0.15, 0.2) is 0 Å². The van der Waals surface area contributed by atoms with Crippen molar-refractivity contribution in [3.63, 3.8) is 0 Å². The molecule has 0 unspecified atom stereocenters. The normalized spacial score (nSPS) is 14.0. The van der Waals surface area contributed by atoms with E-state index in [1.54, 1.807) is 0 Å². The lowest BCUT2D eigenvalue weighted by molar-refractivity contribution is -0.138. The predicted molar refractivity (Wildman–Crippen MR) is 45.9 cm³/mol. The zero-order valence-corrected chi connectivity index (χ0v) is 7.83. The quantitative estimate of drug-likeness (QED) is 0.401. The number of unbranched alkanes of at least 4 members (excludes halogenated alkanes) is 1. The van der Waals surface area contributed by atoms with E-state index < -0.39 is 22.1 Å². The zero-order valence-electron chi connectivity index (χ0n) is 7.01. The van der Waals surface area contributed by atoms with E-state index in [-0.39, 0.29) is 18.6 Å². The predicted octanol–water partition coefficient (Wildman–Crippen LogP) is -0.544. The Balaban J connectivity index is 3.53. The molecule has 7 heteroatoms. The second-order valence-corrected chi connectivity index (χ2v) is 4.30. The maximum absolute atomic E-state index is 10.2. The highest BCUT2D eigenvalue weighted by Crippen LogP contribution is 2.01. The largest absolute Gasteiger partial charge is 0.480 e. The average Bonchev–Trinajstić information content (AvgIpc) is 1.95. The third-order valence-electron chi connectivity index (χ3n) is 1.48. The zero-order chi connectivity index (χ0) is 10.5. The van der Waals surface area contributed by atoms with Crippen molar-refractivity contribution in [3.05, 3.63) is 0 Å². The summed E-state index contributed by atoms with van der Waals surface area (Å²) >= 11 is 0. The summed E-state index contributed by atoms with van der Waals surface area (Å²) in [6.45, 7) is 0. The Morgan fingerprint density at radius 2 is 1.92 bits per heavy atom. The van der Waals surface area contributed by atoms with Crippen LogP contribution in [-0.2, 0) is 14.9 Å². The van der Waals surface area contributed by atoms with Gasteiger partial charge < -0.3 is 10.8 Å². The van der Waals surface area contributed by atoms with Gasteiger partial charge in [0.2, 0.25) is 0 Å². The highest BCUT2D eigenvalue weighted by molar-refractivity contribution is 7.85. The molecule has 0 bridgehead atoms. The van der Waals surface area contributed by atoms with Gasteiger partial charge in [0.25, 0.3) is 10.1 Å². The lowest BCUT2D eigenvalue weighted by atomic mass is 10.1. The second kappa shape index (κ2) is 5.15. The lowest BCUT2D eigenvalue weighted by Crippen LogP contribution is -2.29. The van der Waals surface area contributed by atoms with Crippen molar-refractivity contribution < 1.29 is 22.9 Å². The Morgan fingerprint density at radius 3 is 2.31 bits per heavy atom. The van der Waals surface area contributed by atoms with E-state index in [0.717, 1.165) is 0 Å². The van der Waals surface area contributed by atoms with Crippen molar-refractivity contribution in [2.45, 2.75) is 25.3 Å². The number of rotatable bonds is 6. The van der Waals surface area contributed by atoms with E-state index in [1.165, 1.54) is 0 Å². The molecular weight excluding hydrogens is 198 g/mol. The number of carboxylic acids is 1. The van der Waals surface area contributed by atoms with Crippen LogP contribution in [0.3, 0.4) is 0 Å². The molecule has 0 fully saturated rings. The van der Waals surface area contributed by atoms with Crippen LogP contribution >= 0.6 is 0 Å². The molecule has 4 N–H and O–H groups in total. The van der Waals surface area contributed by atoms with E-state index in [9.17, 15) is 13.2 Å². The van der Waals surface area contributed by atoms with Gasteiger partial charge in [-0.2, -0.15) is 8.42 Å². The van der Waals surface area contributed by atoms with Crippen LogP contribution in [0.4, 0.5) is 0 Å². The first-order valence-corrected chi connectivity index (χ1v) is 5.37. The van der Waals surface area contributed by atoms with Gasteiger partial charge in [0.05, 0.1) is 5.75 Å². The lowest BCUT2D eigenvalue weighted by Gasteiger charge is -2.04. The molecule has 0 radical (unpaired) electrons. The molecule has 0 spiro atoms. The molecule has 1 atom stereocenters. The standard InChI is InChI=1S/C6H13NO5S/c7-5(6(8)9)3-1-2-4-13(10,11)12/h5H,1-4,7H2,(H,8,9)(H,10,11,12)/t5-/m0/s1. The van der Waals surface area contributed by atoms with Gasteiger partial charge in [-0.15, -0.1) is 0 Å². The first-order valence-electron chi connectivity index (χ1n) is 3.76. The molecule has 0 aromatic carbocycles. The van der Waals surface area contributed by atoms with Gasteiger partial charge in [0, 0.05) is 0 Å². The molecule has 0 rings (SSSR count). The number of nitrogens with two attached hydrogens (primary N) is 1. The maximum Gasteiger partial charge on any atom is 0.320 e. The molecule has 0 saturated heterocycles. The van der Waals surface area contributed by atoms with Gasteiger partial charge in [-0.25, -0.2) is 0 Å². The van der Waals surface area contributed by atoms with Crippen molar-refractivity contribution >= 4 is 16.1 Å². The number of hydrogen-bond donors (Lipinski definition) is 3. The average molecular weight is 211 g/mol. The SMILES string of the molecule is N[C@@H](CCCCS(=O)(=O)O)C(=O)O. The minimum Gasteiger partial charge on any atom is -0.480 e. The first kappa shape index (κ1) is 12.3. The molecule has 0 aromatic rings. The van der Waals surface area contributed by atoms with Crippen LogP contribution < -0.4 is 5.73 Å². The van der Waals surface area contributed by atoms with Gasteiger partial charge >= 0.3 is 5.97 Å². The first-order chi connectivity index (χ1) is 5.83. The summed E-state index contributed by atoms with van der Waals surface area (Å²) in [6, 6.07) is -0.957. The van der Waals surface area contributed by atoms with E-state index in [1.807, 2.05) is 0 Å². The summed E-state index contributed by atoms with van der Waals surface area (Å²) < 4.78 is 28.8. The molecule has 0 amide bonds. The fourth-order valence-corrected chi connectivity index (χ4v) is 1.34. The number of carbonyl (C=O) groups is 1. The van der Waals surface area contributed by atoms with Crippen LogP contribution in [0.5, 0.6) is 0 Å². The number of aliphatic carboxylic acids is 1. The summed E-state index contributed by atoms with van der Waals surface area (Å²) in [5, 5.41) is 8.35. The van der Waals surface area contributed by atoms with Crippen LogP contribution in [0, 0.1) is 0 Å². The monoisotopic (exact) mass is 211 g/mol. The number of carboxylic acid groups (broad SMARTS) is 1. The molecule has 6 nitrogen and oxygen atoms in total. The summed E-state index contributed by atoms with van der Waals surface area (Å²) in [5.41, 5.74) is 5.15. The fraction of sp³-hybridized carbons (Fsp3) is 0.833. The Bertz CT molecular complexity index is 260. The molecule has 78 valence electrons. The van der Waals surface area contributed by atoms with Crippen LogP contribution in [0.2, 0.25) is 0 Å². The minimum atomic E-state index is -3.93. The second-order valence-electron chi connectivity index (χ2n) is 2.73. The molecule has 0 aliphatic heterocycles. The summed E-state index contributed by atoms with van der Waals surface area (Å²) in [4.78, 5) is 10.2.